The number of esters is 2. The molecule has 0 saturated carbocycles. The van der Waals surface area contributed by atoms with Crippen LogP contribution in [0.5, 0.6) is 5.75 Å². The summed E-state index contributed by atoms with van der Waals surface area (Å²) in [6, 6.07) is 5.25. The number of methoxy groups -OCH3 is 2. The molecule has 0 saturated heterocycles. The zero-order valence-corrected chi connectivity index (χ0v) is 22.3. The van der Waals surface area contributed by atoms with Crippen molar-refractivity contribution >= 4 is 23.7 Å². The first-order valence-electron chi connectivity index (χ1n) is 12.0. The number of rotatable bonds is 8. The Labute approximate surface area is 216 Å². The molecule has 10 nitrogen and oxygen atoms in total. The van der Waals surface area contributed by atoms with Crippen LogP contribution in [0, 0.1) is 0 Å². The van der Waals surface area contributed by atoms with E-state index in [9.17, 15) is 14.4 Å². The molecule has 0 amide bonds. The van der Waals surface area contributed by atoms with E-state index in [0.717, 1.165) is 11.1 Å². The van der Waals surface area contributed by atoms with E-state index in [1.54, 1.807) is 20.8 Å². The van der Waals surface area contributed by atoms with E-state index in [2.05, 4.69) is 4.99 Å². The second-order valence-electron chi connectivity index (χ2n) is 9.33. The third kappa shape index (κ3) is 5.37. The Bertz CT molecular complexity index is 1320. The van der Waals surface area contributed by atoms with Crippen molar-refractivity contribution in [1.29, 1.82) is 0 Å². The fourth-order valence-corrected chi connectivity index (χ4v) is 4.06. The number of allylic oxidation sites excluding steroid dienone is 1. The van der Waals surface area contributed by atoms with Gasteiger partial charge in [-0.2, -0.15) is 0 Å². The van der Waals surface area contributed by atoms with Gasteiger partial charge in [-0.15, -0.1) is 0 Å². The standard InChI is InChI=1S/C27H34N4O6/c1-8-37-26(34)27(4,5)29-13-18(12-28)20-9-17-14-30(16(2)3)31-15-21(25(33)36-7)23(32)11-22(31)19(17)10-24(20)35-6/h9-13,15-16H,8,14,28H2,1-7H3. The number of nitrogens with two attached hydrogens (primary N) is 1. The fraction of sp³-hybridized carbons (Fsp3) is 0.407. The molecule has 1 aromatic carbocycles. The van der Waals surface area contributed by atoms with Gasteiger partial charge in [0.25, 0.3) is 0 Å². The van der Waals surface area contributed by atoms with Crippen LogP contribution in [-0.4, -0.2) is 55.2 Å². The lowest BCUT2D eigenvalue weighted by molar-refractivity contribution is -0.148. The second-order valence-corrected chi connectivity index (χ2v) is 9.33. The normalized spacial score (nSPS) is 13.4. The third-order valence-electron chi connectivity index (χ3n) is 6.14. The van der Waals surface area contributed by atoms with Crippen molar-refractivity contribution in [2.45, 2.75) is 52.7 Å². The number of aliphatic imine (C=N–C) groups is 1. The van der Waals surface area contributed by atoms with Gasteiger partial charge in [-0.3, -0.25) is 14.5 Å². The van der Waals surface area contributed by atoms with Crippen molar-refractivity contribution in [3.05, 3.63) is 57.5 Å². The summed E-state index contributed by atoms with van der Waals surface area (Å²) < 4.78 is 17.4. The number of hydrogen-bond donors (Lipinski definition) is 1. The number of carbonyl (C=O) groups excluding carboxylic acids is 2. The molecule has 0 spiro atoms. The molecule has 0 atom stereocenters. The molecule has 1 aromatic heterocycles. The molecule has 1 aliphatic rings. The van der Waals surface area contributed by atoms with Crippen molar-refractivity contribution in [2.24, 2.45) is 10.7 Å². The van der Waals surface area contributed by atoms with Gasteiger partial charge in [0.15, 0.2) is 11.0 Å². The Morgan fingerprint density at radius 2 is 1.89 bits per heavy atom. The van der Waals surface area contributed by atoms with Gasteiger partial charge in [0, 0.05) is 47.4 Å². The van der Waals surface area contributed by atoms with E-state index in [1.807, 2.05) is 35.7 Å². The molecule has 0 radical (unpaired) electrons. The minimum Gasteiger partial charge on any atom is -0.496 e. The zero-order valence-electron chi connectivity index (χ0n) is 22.3. The summed E-state index contributed by atoms with van der Waals surface area (Å²) in [6.07, 6.45) is 4.45. The van der Waals surface area contributed by atoms with Crippen LogP contribution in [0.4, 0.5) is 0 Å². The number of benzene rings is 1. The van der Waals surface area contributed by atoms with Crippen molar-refractivity contribution < 1.29 is 23.8 Å². The summed E-state index contributed by atoms with van der Waals surface area (Å²) in [6.45, 7) is 9.85. The predicted molar refractivity (Wildman–Crippen MR) is 142 cm³/mol. The Morgan fingerprint density at radius 3 is 2.46 bits per heavy atom. The van der Waals surface area contributed by atoms with E-state index >= 15 is 0 Å². The number of fused-ring (bicyclic) bond motifs is 3. The van der Waals surface area contributed by atoms with Crippen molar-refractivity contribution in [1.82, 2.24) is 4.68 Å². The third-order valence-corrected chi connectivity index (χ3v) is 6.14. The SMILES string of the molecule is CCOC(=O)C(C)(C)N=CC(=CN)c1cc2c(cc1OC)-c1cc(=O)c(C(=O)OC)cn1N(C(C)C)C2. The van der Waals surface area contributed by atoms with Crippen LogP contribution < -0.4 is 20.9 Å². The van der Waals surface area contributed by atoms with Gasteiger partial charge in [0.05, 0.1) is 33.1 Å². The maximum absolute atomic E-state index is 12.8. The van der Waals surface area contributed by atoms with Gasteiger partial charge in [-0.05, 0) is 52.3 Å². The highest BCUT2D eigenvalue weighted by Gasteiger charge is 2.29. The van der Waals surface area contributed by atoms with Crippen LogP contribution >= 0.6 is 0 Å². The average Bonchev–Trinajstić information content (AvgIpc) is 2.87. The van der Waals surface area contributed by atoms with Crippen molar-refractivity contribution in [3.8, 4) is 17.0 Å². The number of ether oxygens (including phenoxy) is 3. The summed E-state index contributed by atoms with van der Waals surface area (Å²) in [4.78, 5) is 41.7. The first-order chi connectivity index (χ1) is 17.5. The van der Waals surface area contributed by atoms with Crippen LogP contribution in [0.3, 0.4) is 0 Å². The minimum absolute atomic E-state index is 0.0434. The molecule has 3 rings (SSSR count). The lowest BCUT2D eigenvalue weighted by Gasteiger charge is -2.38. The van der Waals surface area contributed by atoms with Crippen molar-refractivity contribution in [3.63, 3.8) is 0 Å². The molecule has 2 N–H and O–H groups in total. The maximum atomic E-state index is 12.8. The highest BCUT2D eigenvalue weighted by Crippen LogP contribution is 2.37. The summed E-state index contributed by atoms with van der Waals surface area (Å²) in [5.41, 5.74) is 7.95. The first-order valence-corrected chi connectivity index (χ1v) is 12.0. The Kier molecular flexibility index (Phi) is 8.10. The van der Waals surface area contributed by atoms with Crippen molar-refractivity contribution in [2.75, 3.05) is 25.8 Å². The average molecular weight is 511 g/mol. The van der Waals surface area contributed by atoms with Crippen LogP contribution in [0.2, 0.25) is 0 Å². The van der Waals surface area contributed by atoms with Crippen LogP contribution in [0.25, 0.3) is 16.8 Å². The summed E-state index contributed by atoms with van der Waals surface area (Å²) in [7, 11) is 2.78. The molecule has 0 aliphatic carbocycles. The van der Waals surface area contributed by atoms with Gasteiger partial charge in [0.1, 0.15) is 11.3 Å². The van der Waals surface area contributed by atoms with Gasteiger partial charge in [0.2, 0.25) is 0 Å². The van der Waals surface area contributed by atoms with Crippen LogP contribution in [0.1, 0.15) is 56.1 Å². The highest BCUT2D eigenvalue weighted by molar-refractivity contribution is 6.11. The van der Waals surface area contributed by atoms with E-state index in [1.165, 1.54) is 38.9 Å². The van der Waals surface area contributed by atoms with Gasteiger partial charge in [-0.1, -0.05) is 0 Å². The smallest absolute Gasteiger partial charge is 0.343 e. The van der Waals surface area contributed by atoms with Crippen LogP contribution in [-0.2, 0) is 20.8 Å². The minimum atomic E-state index is -1.10. The van der Waals surface area contributed by atoms with Gasteiger partial charge in [-0.25, -0.2) is 9.59 Å². The molecule has 10 heteroatoms. The monoisotopic (exact) mass is 510 g/mol. The lowest BCUT2D eigenvalue weighted by Crippen LogP contribution is -2.44. The molecule has 0 fully saturated rings. The van der Waals surface area contributed by atoms with E-state index in [4.69, 9.17) is 19.9 Å². The molecule has 2 heterocycles. The molecule has 2 aromatic rings. The largest absolute Gasteiger partial charge is 0.496 e. The van der Waals surface area contributed by atoms with Gasteiger partial charge < -0.3 is 25.0 Å². The van der Waals surface area contributed by atoms with Gasteiger partial charge >= 0.3 is 11.9 Å². The topological polar surface area (TPSA) is 125 Å². The molecular formula is C27H34N4O6. The number of carbonyl (C=O) groups is 2. The Morgan fingerprint density at radius 1 is 1.19 bits per heavy atom. The molecule has 1 aliphatic heterocycles. The number of hydrogen-bond acceptors (Lipinski definition) is 9. The Hall–Kier alpha value is -4.08. The summed E-state index contributed by atoms with van der Waals surface area (Å²) in [5, 5.41) is 2.03. The number of pyridine rings is 1. The maximum Gasteiger partial charge on any atom is 0.343 e. The second kappa shape index (κ2) is 10.9. The first kappa shape index (κ1) is 27.5. The summed E-state index contributed by atoms with van der Waals surface area (Å²) in [5.74, 6) is -0.628. The Balaban J connectivity index is 2.16. The predicted octanol–water partition coefficient (Wildman–Crippen LogP) is 2.88. The van der Waals surface area contributed by atoms with Crippen LogP contribution in [0.15, 0.2) is 40.4 Å². The summed E-state index contributed by atoms with van der Waals surface area (Å²) >= 11 is 0. The molecule has 198 valence electrons. The zero-order chi connectivity index (χ0) is 27.5. The number of nitrogens with zero attached hydrogens (tertiary/aromatic N) is 3. The molecule has 37 heavy (non-hydrogen) atoms. The van der Waals surface area contributed by atoms with E-state index in [0.29, 0.717) is 29.1 Å². The molecule has 0 unspecified atom stereocenters. The quantitative estimate of drug-likeness (QED) is 0.425. The highest BCUT2D eigenvalue weighted by atomic mass is 16.5. The van der Waals surface area contributed by atoms with E-state index < -0.39 is 22.9 Å². The van der Waals surface area contributed by atoms with E-state index in [-0.39, 0.29) is 18.2 Å². The number of aromatic nitrogens is 1. The molecular weight excluding hydrogens is 476 g/mol. The lowest BCUT2D eigenvalue weighted by atomic mass is 9.94. The fourth-order valence-electron chi connectivity index (χ4n) is 4.06. The molecule has 0 bridgehead atoms.